The largest absolute Gasteiger partial charge is 1.00 e. The third-order valence-electron chi connectivity index (χ3n) is 0.289. The molecule has 0 aromatic rings. The summed E-state index contributed by atoms with van der Waals surface area (Å²) in [5, 5.41) is 18.6. The molecule has 0 aromatic heterocycles. The zero-order valence-electron chi connectivity index (χ0n) is 12.7. The van der Waals surface area contributed by atoms with Crippen LogP contribution in [-0.2, 0) is 9.59 Å². The second-order valence-corrected chi connectivity index (χ2v) is 5.10. The van der Waals surface area contributed by atoms with Crippen molar-refractivity contribution in [1.82, 2.24) is 6.15 Å². The molecule has 0 saturated carbocycles. The summed E-state index contributed by atoms with van der Waals surface area (Å²) in [4.78, 5) is 20.0. The highest BCUT2D eigenvalue weighted by Crippen LogP contribution is 1.73. The molecule has 0 atom stereocenters. The van der Waals surface area contributed by atoms with Gasteiger partial charge in [0.1, 0.15) is 0 Å². The highest BCUT2D eigenvalue weighted by molar-refractivity contribution is 5.86. The Hall–Kier alpha value is -0.890. The molecule has 114 valence electrons. The van der Waals surface area contributed by atoms with Gasteiger partial charge in [-0.25, -0.2) is 0 Å². The molecule has 0 aliphatic carbocycles. The van der Waals surface area contributed by atoms with Gasteiger partial charge in [0, 0.05) is 18.4 Å². The lowest BCUT2D eigenvalue weighted by molar-refractivity contribution is -0.849. The number of carbonyl (C=O) groups is 2. The van der Waals surface area contributed by atoms with Gasteiger partial charge >= 0.3 is 0 Å². The van der Waals surface area contributed by atoms with Crippen molar-refractivity contribution >= 4 is 11.9 Å². The molecule has 0 heterocycles. The lowest BCUT2D eigenvalue weighted by Gasteiger charge is -2.14. The van der Waals surface area contributed by atoms with Gasteiger partial charge in [-0.05, 0) is 0 Å². The van der Waals surface area contributed by atoms with Crippen molar-refractivity contribution in [2.75, 3.05) is 49.3 Å². The Balaban J connectivity index is -0.0000000463. The van der Waals surface area contributed by atoms with Crippen LogP contribution in [0.15, 0.2) is 0 Å². The van der Waals surface area contributed by atoms with Gasteiger partial charge in [0.15, 0.2) is 0 Å². The smallest absolute Gasteiger partial charge is 0.0675 e. The molecule has 0 saturated heterocycles. The van der Waals surface area contributed by atoms with Crippen LogP contribution in [0.25, 0.3) is 0 Å². The van der Waals surface area contributed by atoms with E-state index in [2.05, 4.69) is 49.3 Å². The van der Waals surface area contributed by atoms with Crippen molar-refractivity contribution in [2.45, 2.75) is 6.42 Å². The third kappa shape index (κ3) is 311. The fourth-order valence-electron chi connectivity index (χ4n) is 0.118. The number of carboxylic acid groups (broad SMARTS) is 2. The lowest BCUT2D eigenvalue weighted by atomic mass is 10.5. The van der Waals surface area contributed by atoms with Crippen LogP contribution in [0.3, 0.4) is 0 Å². The molecule has 18 heavy (non-hydrogen) atoms. The summed E-state index contributed by atoms with van der Waals surface area (Å²) in [7, 11) is 14.8. The predicted molar refractivity (Wildman–Crippen MR) is 63.3 cm³/mol. The second-order valence-electron chi connectivity index (χ2n) is 5.10. The van der Waals surface area contributed by atoms with Crippen molar-refractivity contribution in [3.63, 3.8) is 0 Å². The first-order valence-electron chi connectivity index (χ1n) is 4.81. The maximum absolute atomic E-state index is 9.28. The quantitative estimate of drug-likeness (QED) is 0.388. The maximum atomic E-state index is 9.28. The van der Waals surface area contributed by atoms with Crippen LogP contribution in [0, 0.1) is 0 Å². The van der Waals surface area contributed by atoms with Gasteiger partial charge in [-0.1, -0.05) is 0 Å². The number of aliphatic carboxylic acids is 2. The Bertz CT molecular complexity index is 185. The molecule has 0 unspecified atom stereocenters. The van der Waals surface area contributed by atoms with E-state index in [4.69, 9.17) is 0 Å². The number of carboxylic acids is 2. The highest BCUT2D eigenvalue weighted by Gasteiger charge is 1.88. The predicted octanol–water partition coefficient (Wildman–Crippen LogP) is -6.66. The minimum absolute atomic E-state index is 0. The molecule has 0 spiro atoms. The van der Waals surface area contributed by atoms with Crippen molar-refractivity contribution in [2.24, 2.45) is 0 Å². The van der Waals surface area contributed by atoms with Crippen LogP contribution < -0.4 is 33.7 Å². The van der Waals surface area contributed by atoms with E-state index >= 15 is 0 Å². The molecule has 0 aliphatic rings. The van der Waals surface area contributed by atoms with Crippen LogP contribution >= 0.6 is 0 Å². The summed E-state index contributed by atoms with van der Waals surface area (Å²) in [6, 6.07) is 0. The molecule has 8 heteroatoms. The average molecular weight is 290 g/mol. The standard InChI is InChI=1S/C4H12N.C3H9N.C3H4O4.ClH.H3N/c1-5(2,3)4;1-4(2)3;4-2(5)1-3(6)7;;/h1-4H3;1-3H3;1H2,(H,4,5)(H,6,7);1H;1H3/q+1;;;;/p-1. The Labute approximate surface area is 116 Å². The Morgan fingerprint density at radius 2 is 1.06 bits per heavy atom. The third-order valence-corrected chi connectivity index (χ3v) is 0.289. The van der Waals surface area contributed by atoms with E-state index in [1.165, 1.54) is 4.90 Å². The molecule has 0 bridgehead atoms. The van der Waals surface area contributed by atoms with E-state index in [0.717, 1.165) is 4.48 Å². The van der Waals surface area contributed by atoms with E-state index in [0.29, 0.717) is 0 Å². The van der Waals surface area contributed by atoms with E-state index in [-0.39, 0.29) is 18.6 Å². The number of hydrogen-bond acceptors (Lipinski definition) is 4. The molecule has 0 aliphatic heterocycles. The molecule has 0 fully saturated rings. The minimum atomic E-state index is -1.63. The van der Waals surface area contributed by atoms with E-state index in [1.807, 2.05) is 0 Å². The van der Waals surface area contributed by atoms with Gasteiger partial charge in [0.05, 0.1) is 49.3 Å². The van der Waals surface area contributed by atoms with E-state index < -0.39 is 18.4 Å². The molecule has 0 aromatic carbocycles. The van der Waals surface area contributed by atoms with Crippen molar-refractivity contribution in [3.8, 4) is 0 Å². The summed E-state index contributed by atoms with van der Waals surface area (Å²) in [6.45, 7) is 0. The van der Waals surface area contributed by atoms with Gasteiger partial charge in [-0.15, -0.1) is 0 Å². The van der Waals surface area contributed by atoms with E-state index in [1.54, 1.807) is 0 Å². The van der Waals surface area contributed by atoms with Gasteiger partial charge in [-0.3, -0.25) is 0 Å². The molecular formula is C10H28ClN3O4. The number of nitrogens with zero attached hydrogens (tertiary/aromatic N) is 1. The fraction of sp³-hybridized carbons (Fsp3) is 0.800. The van der Waals surface area contributed by atoms with Crippen LogP contribution in [0.1, 0.15) is 6.42 Å². The number of halogens is 1. The van der Waals surface area contributed by atoms with Gasteiger partial charge in [0.2, 0.25) is 0 Å². The van der Waals surface area contributed by atoms with Crippen LogP contribution in [0.2, 0.25) is 0 Å². The zero-order chi connectivity index (χ0) is 13.9. The SMILES string of the molecule is C[N+](C)(C)C.C[NH+](C)C.O=C([O-])CC(=O)[O-].[Cl-].[NH4+]. The topological polar surface area (TPSA) is 121 Å². The monoisotopic (exact) mass is 289 g/mol. The summed E-state index contributed by atoms with van der Waals surface area (Å²) in [5.74, 6) is -3.25. The van der Waals surface area contributed by atoms with Gasteiger partial charge in [-0.2, -0.15) is 0 Å². The first kappa shape index (κ1) is 30.3. The van der Waals surface area contributed by atoms with Crippen molar-refractivity contribution in [1.29, 1.82) is 0 Å². The first-order chi connectivity index (χ1) is 6.86. The normalized spacial score (nSPS) is 8.44. The van der Waals surface area contributed by atoms with Crippen molar-refractivity contribution < 1.29 is 41.6 Å². The average Bonchev–Trinajstić information content (AvgIpc) is 1.74. The van der Waals surface area contributed by atoms with Gasteiger partial charge in [0.25, 0.3) is 0 Å². The fourth-order valence-corrected chi connectivity index (χ4v) is 0.118. The van der Waals surface area contributed by atoms with E-state index in [9.17, 15) is 19.8 Å². The van der Waals surface area contributed by atoms with Gasteiger partial charge < -0.3 is 47.7 Å². The molecular weight excluding hydrogens is 262 g/mol. The van der Waals surface area contributed by atoms with Crippen LogP contribution in [0.5, 0.6) is 0 Å². The molecule has 0 amide bonds. The number of nitrogens with one attached hydrogen (secondary N) is 1. The molecule has 7 nitrogen and oxygen atoms in total. The number of hydrogen-bond donors (Lipinski definition) is 2. The number of rotatable bonds is 2. The number of carbonyl (C=O) groups excluding carboxylic acids is 2. The van der Waals surface area contributed by atoms with Crippen LogP contribution in [-0.4, -0.2) is 65.8 Å². The Morgan fingerprint density at radius 1 is 0.944 bits per heavy atom. The molecule has 5 N–H and O–H groups in total. The summed E-state index contributed by atoms with van der Waals surface area (Å²) < 4.78 is 1.00. The molecule has 0 radical (unpaired) electrons. The minimum Gasteiger partial charge on any atom is -1.00 e. The maximum Gasteiger partial charge on any atom is 0.0675 e. The lowest BCUT2D eigenvalue weighted by Crippen LogP contribution is -3.02. The summed E-state index contributed by atoms with van der Waals surface area (Å²) in [6.07, 6.45) is -1.03. The van der Waals surface area contributed by atoms with Crippen LogP contribution in [0.4, 0.5) is 0 Å². The zero-order valence-corrected chi connectivity index (χ0v) is 13.4. The summed E-state index contributed by atoms with van der Waals surface area (Å²) in [5.41, 5.74) is 0. The Kier molecular flexibility index (Phi) is 27.1. The Morgan fingerprint density at radius 3 is 1.06 bits per heavy atom. The van der Waals surface area contributed by atoms with Crippen molar-refractivity contribution in [3.05, 3.63) is 0 Å². The molecule has 0 rings (SSSR count). The second kappa shape index (κ2) is 16.1. The number of quaternary nitrogens is 3. The summed E-state index contributed by atoms with van der Waals surface area (Å²) >= 11 is 0. The first-order valence-corrected chi connectivity index (χ1v) is 4.81. The highest BCUT2D eigenvalue weighted by atomic mass is 35.5.